The predicted octanol–water partition coefficient (Wildman–Crippen LogP) is 5.42. The monoisotopic (exact) mass is 460 g/mol. The first-order valence-electron chi connectivity index (χ1n) is 11.4. The number of hydrogen-bond acceptors (Lipinski definition) is 4. The van der Waals surface area contributed by atoms with Crippen LogP contribution in [0.3, 0.4) is 0 Å². The minimum absolute atomic E-state index is 0.458. The van der Waals surface area contributed by atoms with Crippen molar-refractivity contribution in [2.45, 2.75) is 31.8 Å². The zero-order valence-corrected chi connectivity index (χ0v) is 19.7. The highest BCUT2D eigenvalue weighted by Gasteiger charge is 2.41. The number of pyridine rings is 1. The van der Waals surface area contributed by atoms with Gasteiger partial charge in [-0.05, 0) is 79.8 Å². The maximum atomic E-state index is 10.2. The van der Waals surface area contributed by atoms with Crippen LogP contribution in [0.4, 0.5) is 0 Å². The van der Waals surface area contributed by atoms with E-state index < -0.39 is 5.60 Å². The lowest BCUT2D eigenvalue weighted by Gasteiger charge is -2.24. The van der Waals surface area contributed by atoms with Crippen LogP contribution >= 0.6 is 11.6 Å². The third kappa shape index (κ3) is 7.07. The molecule has 0 atom stereocenters. The van der Waals surface area contributed by atoms with E-state index in [0.717, 1.165) is 72.1 Å². The number of rotatable bonds is 9. The molecule has 5 heteroatoms. The van der Waals surface area contributed by atoms with Gasteiger partial charge in [-0.1, -0.05) is 42.6 Å². The van der Waals surface area contributed by atoms with Gasteiger partial charge in [0.1, 0.15) is 18.1 Å². The Morgan fingerprint density at radius 3 is 2.33 bits per heavy atom. The fourth-order valence-corrected chi connectivity index (χ4v) is 3.77. The minimum atomic E-state index is -0.458. The maximum Gasteiger partial charge on any atom is 0.119 e. The predicted molar refractivity (Wildman–Crippen MR) is 134 cm³/mol. The van der Waals surface area contributed by atoms with Crippen molar-refractivity contribution in [2.24, 2.45) is 0 Å². The van der Waals surface area contributed by atoms with Gasteiger partial charge in [-0.25, -0.2) is 4.98 Å². The third-order valence-electron chi connectivity index (χ3n) is 5.69. The molecule has 1 N–H and O–H groups in total. The van der Waals surface area contributed by atoms with E-state index in [-0.39, 0.29) is 0 Å². The van der Waals surface area contributed by atoms with Gasteiger partial charge in [0, 0.05) is 35.4 Å². The Kier molecular flexibility index (Phi) is 7.67. The maximum absolute atomic E-state index is 10.2. The van der Waals surface area contributed by atoms with Crippen LogP contribution in [0.15, 0.2) is 66.9 Å². The largest absolute Gasteiger partial charge is 0.492 e. The van der Waals surface area contributed by atoms with Gasteiger partial charge in [0.2, 0.25) is 0 Å². The van der Waals surface area contributed by atoms with Crippen molar-refractivity contribution < 1.29 is 9.84 Å². The average Bonchev–Trinajstić information content (AvgIpc) is 3.56. The van der Waals surface area contributed by atoms with Crippen LogP contribution in [0.5, 0.6) is 5.75 Å². The number of halogens is 1. The van der Waals surface area contributed by atoms with E-state index in [1.54, 1.807) is 0 Å². The van der Waals surface area contributed by atoms with Crippen molar-refractivity contribution in [3.63, 3.8) is 0 Å². The van der Waals surface area contributed by atoms with Crippen molar-refractivity contribution in [1.29, 1.82) is 0 Å². The zero-order chi connectivity index (χ0) is 23.1. The van der Waals surface area contributed by atoms with Crippen LogP contribution in [-0.4, -0.2) is 46.8 Å². The number of aliphatic hydroxyl groups is 1. The second kappa shape index (κ2) is 10.9. The SMILES string of the molecule is CCCN(CCOc1ccc(C#Cc2ccc(-c3ccc(Cl)cc3)cn2)cc1)CC1(O)CC1. The fourth-order valence-electron chi connectivity index (χ4n) is 3.65. The standard InChI is InChI=1S/C28H29ClN2O2/c1-2-17-31(21-28(32)15-16-28)18-19-33-27-13-4-22(5-14-27)3-11-26-12-8-24(20-30-26)23-6-9-25(29)10-7-23/h4-10,12-14,20,32H,2,15-19,21H2,1H3. The number of nitrogens with zero attached hydrogens (tertiary/aromatic N) is 2. The van der Waals surface area contributed by atoms with Gasteiger partial charge < -0.3 is 9.84 Å². The Balaban J connectivity index is 1.28. The number of hydrogen-bond donors (Lipinski definition) is 1. The molecule has 3 aromatic rings. The van der Waals surface area contributed by atoms with E-state index >= 15 is 0 Å². The summed E-state index contributed by atoms with van der Waals surface area (Å²) < 4.78 is 5.91. The summed E-state index contributed by atoms with van der Waals surface area (Å²) in [5, 5.41) is 10.9. The highest BCUT2D eigenvalue weighted by molar-refractivity contribution is 6.30. The topological polar surface area (TPSA) is 45.6 Å². The van der Waals surface area contributed by atoms with Crippen molar-refractivity contribution in [3.8, 4) is 28.7 Å². The number of benzene rings is 2. The molecule has 170 valence electrons. The first kappa shape index (κ1) is 23.3. The van der Waals surface area contributed by atoms with Crippen LogP contribution in [0, 0.1) is 11.8 Å². The molecule has 1 heterocycles. The van der Waals surface area contributed by atoms with E-state index in [0.29, 0.717) is 6.61 Å². The van der Waals surface area contributed by atoms with Crippen LogP contribution in [0.2, 0.25) is 5.02 Å². The summed E-state index contributed by atoms with van der Waals surface area (Å²) in [7, 11) is 0. The molecule has 0 bridgehead atoms. The molecule has 0 saturated heterocycles. The van der Waals surface area contributed by atoms with E-state index in [2.05, 4.69) is 28.6 Å². The quantitative estimate of drug-likeness (QED) is 0.433. The van der Waals surface area contributed by atoms with E-state index in [4.69, 9.17) is 16.3 Å². The average molecular weight is 461 g/mol. The molecular weight excluding hydrogens is 432 g/mol. The minimum Gasteiger partial charge on any atom is -0.492 e. The van der Waals surface area contributed by atoms with Gasteiger partial charge in [0.25, 0.3) is 0 Å². The summed E-state index contributed by atoms with van der Waals surface area (Å²) >= 11 is 5.95. The summed E-state index contributed by atoms with van der Waals surface area (Å²) in [6, 6.07) is 19.4. The number of ether oxygens (including phenoxy) is 1. The van der Waals surface area contributed by atoms with Gasteiger partial charge in [0.15, 0.2) is 0 Å². The lowest BCUT2D eigenvalue weighted by molar-refractivity contribution is 0.0839. The molecular formula is C28H29ClN2O2. The molecule has 0 amide bonds. The molecule has 1 aliphatic rings. The van der Waals surface area contributed by atoms with Crippen LogP contribution in [-0.2, 0) is 0 Å². The molecule has 33 heavy (non-hydrogen) atoms. The van der Waals surface area contributed by atoms with Gasteiger partial charge in [0.05, 0.1) is 5.60 Å². The molecule has 0 radical (unpaired) electrons. The van der Waals surface area contributed by atoms with Crippen LogP contribution in [0.25, 0.3) is 11.1 Å². The third-order valence-corrected chi connectivity index (χ3v) is 5.94. The molecule has 4 nitrogen and oxygen atoms in total. The Labute approximate surface area is 201 Å². The van der Waals surface area contributed by atoms with Crippen molar-refractivity contribution in [3.05, 3.63) is 83.1 Å². The summed E-state index contributed by atoms with van der Waals surface area (Å²) in [6.07, 6.45) is 4.73. The first-order chi connectivity index (χ1) is 16.0. The molecule has 0 aliphatic heterocycles. The number of aromatic nitrogens is 1. The molecule has 1 fully saturated rings. The lowest BCUT2D eigenvalue weighted by atomic mass is 10.1. The normalized spacial score (nSPS) is 13.9. The Morgan fingerprint density at radius 2 is 1.70 bits per heavy atom. The lowest BCUT2D eigenvalue weighted by Crippen LogP contribution is -2.37. The van der Waals surface area contributed by atoms with Crippen molar-refractivity contribution >= 4 is 11.6 Å². The Morgan fingerprint density at radius 1 is 0.970 bits per heavy atom. The van der Waals surface area contributed by atoms with E-state index in [1.807, 2.05) is 66.9 Å². The van der Waals surface area contributed by atoms with Gasteiger partial charge in [-0.2, -0.15) is 0 Å². The fraction of sp³-hybridized carbons (Fsp3) is 0.321. The summed E-state index contributed by atoms with van der Waals surface area (Å²) in [5.41, 5.74) is 3.28. The summed E-state index contributed by atoms with van der Waals surface area (Å²) in [4.78, 5) is 6.75. The van der Waals surface area contributed by atoms with Crippen LogP contribution < -0.4 is 4.74 Å². The van der Waals surface area contributed by atoms with E-state index in [1.165, 1.54) is 0 Å². The molecule has 2 aromatic carbocycles. The highest BCUT2D eigenvalue weighted by Crippen LogP contribution is 2.35. The van der Waals surface area contributed by atoms with Gasteiger partial charge >= 0.3 is 0 Å². The molecule has 0 unspecified atom stereocenters. The zero-order valence-electron chi connectivity index (χ0n) is 18.9. The molecule has 1 saturated carbocycles. The second-order valence-electron chi connectivity index (χ2n) is 8.56. The Bertz CT molecular complexity index is 1100. The van der Waals surface area contributed by atoms with Crippen molar-refractivity contribution in [2.75, 3.05) is 26.2 Å². The molecule has 0 spiro atoms. The summed E-state index contributed by atoms with van der Waals surface area (Å²) in [6.45, 7) is 5.30. The molecule has 1 aliphatic carbocycles. The molecule has 4 rings (SSSR count). The Hall–Kier alpha value is -2.84. The highest BCUT2D eigenvalue weighted by atomic mass is 35.5. The van der Waals surface area contributed by atoms with Gasteiger partial charge in [-0.15, -0.1) is 0 Å². The van der Waals surface area contributed by atoms with Gasteiger partial charge in [-0.3, -0.25) is 4.90 Å². The van der Waals surface area contributed by atoms with Crippen LogP contribution in [0.1, 0.15) is 37.4 Å². The smallest absolute Gasteiger partial charge is 0.119 e. The molecule has 1 aromatic heterocycles. The second-order valence-corrected chi connectivity index (χ2v) is 9.00. The van der Waals surface area contributed by atoms with Crippen molar-refractivity contribution in [1.82, 2.24) is 9.88 Å². The summed E-state index contributed by atoms with van der Waals surface area (Å²) in [5.74, 6) is 7.10. The first-order valence-corrected chi connectivity index (χ1v) is 11.8. The van der Waals surface area contributed by atoms with E-state index in [9.17, 15) is 5.11 Å².